The van der Waals surface area contributed by atoms with E-state index in [1.165, 1.54) is 38.5 Å². The largest absolute Gasteiger partial charge is 0.490 e. The van der Waals surface area contributed by atoms with Gasteiger partial charge in [-0.1, -0.05) is 45.8 Å². The number of aliphatic hydroxyl groups excluding tert-OH is 1. The Hall–Kier alpha value is -2.80. The van der Waals surface area contributed by atoms with Crippen LogP contribution in [0.25, 0.3) is 0 Å². The molecule has 0 aliphatic heterocycles. The van der Waals surface area contributed by atoms with E-state index >= 15 is 0 Å². The Morgan fingerprint density at radius 1 is 0.917 bits per heavy atom. The molecule has 7 nitrogen and oxygen atoms in total. The van der Waals surface area contributed by atoms with Gasteiger partial charge < -0.3 is 24.1 Å². The molecule has 200 valence electrons. The van der Waals surface area contributed by atoms with Crippen LogP contribution in [-0.4, -0.2) is 50.1 Å². The molecule has 2 rings (SSSR count). The maximum Gasteiger partial charge on any atom is 0.330 e. The van der Waals surface area contributed by atoms with Crippen LogP contribution in [0.2, 0.25) is 0 Å². The number of carbonyl (C=O) groups is 2. The molecule has 0 aromatic heterocycles. The van der Waals surface area contributed by atoms with E-state index in [-0.39, 0.29) is 39.0 Å². The molecule has 0 atom stereocenters. The first kappa shape index (κ1) is 29.4. The van der Waals surface area contributed by atoms with Crippen molar-refractivity contribution in [2.75, 3.05) is 33.0 Å². The number of unbranched alkanes of at least 4 members (excludes halogenated alkanes) is 2. The minimum atomic E-state index is -0.493. The van der Waals surface area contributed by atoms with Crippen molar-refractivity contribution in [1.82, 2.24) is 0 Å². The molecule has 0 amide bonds. The fourth-order valence-corrected chi connectivity index (χ4v) is 4.70. The normalized spacial score (nSPS) is 17.2. The minimum Gasteiger partial charge on any atom is -0.490 e. The molecule has 0 unspecified atom stereocenters. The molecular formula is C29H42O7. The number of ether oxygens (including phenoxy) is 4. The van der Waals surface area contributed by atoms with Crippen molar-refractivity contribution in [3.63, 3.8) is 0 Å². The third kappa shape index (κ3) is 10.1. The number of hydrogen-bond acceptors (Lipinski definition) is 7. The van der Waals surface area contributed by atoms with E-state index in [2.05, 4.69) is 20.1 Å². The number of aliphatic hydroxyl groups is 1. The molecule has 1 N–H and O–H groups in total. The van der Waals surface area contributed by atoms with Crippen LogP contribution in [-0.2, 0) is 25.5 Å². The minimum absolute atomic E-state index is 0.00497. The monoisotopic (exact) mass is 502 g/mol. The summed E-state index contributed by atoms with van der Waals surface area (Å²) in [5.41, 5.74) is 1.87. The lowest BCUT2D eigenvalue weighted by atomic mass is 9.76. The predicted octanol–water partition coefficient (Wildman–Crippen LogP) is 5.29. The molecule has 1 aromatic rings. The molecule has 0 spiro atoms. The van der Waals surface area contributed by atoms with Crippen LogP contribution in [0.1, 0.15) is 75.3 Å². The van der Waals surface area contributed by atoms with Gasteiger partial charge in [-0.15, -0.1) is 0 Å². The van der Waals surface area contributed by atoms with E-state index < -0.39 is 11.9 Å². The summed E-state index contributed by atoms with van der Waals surface area (Å²) in [5, 5.41) is 9.53. The summed E-state index contributed by atoms with van der Waals surface area (Å²) in [4.78, 5) is 22.8. The molecule has 1 fully saturated rings. The average molecular weight is 503 g/mol. The van der Waals surface area contributed by atoms with Gasteiger partial charge >= 0.3 is 11.9 Å². The SMILES string of the molecule is C=CC(=O)OCCOc1cc(CCO)cc(OCCOC(=O)C=C)c1C1CCC(CCCCC)CC1. The second-order valence-electron chi connectivity index (χ2n) is 9.13. The zero-order valence-electron chi connectivity index (χ0n) is 21.7. The van der Waals surface area contributed by atoms with Crippen LogP contribution in [0.5, 0.6) is 11.5 Å². The maximum atomic E-state index is 11.4. The van der Waals surface area contributed by atoms with E-state index in [1.807, 2.05) is 12.1 Å². The van der Waals surface area contributed by atoms with Crippen molar-refractivity contribution in [2.45, 2.75) is 70.6 Å². The van der Waals surface area contributed by atoms with Crippen LogP contribution < -0.4 is 9.47 Å². The summed E-state index contributed by atoms with van der Waals surface area (Å²) in [6.45, 7) is 9.63. The van der Waals surface area contributed by atoms with Gasteiger partial charge in [-0.05, 0) is 61.6 Å². The third-order valence-electron chi connectivity index (χ3n) is 6.54. The Balaban J connectivity index is 2.21. The lowest BCUT2D eigenvalue weighted by Crippen LogP contribution is -2.18. The topological polar surface area (TPSA) is 91.3 Å². The van der Waals surface area contributed by atoms with Crippen LogP contribution in [0.4, 0.5) is 0 Å². The highest BCUT2D eigenvalue weighted by Gasteiger charge is 2.28. The highest BCUT2D eigenvalue weighted by molar-refractivity contribution is 5.81. The number of hydrogen-bond donors (Lipinski definition) is 1. The van der Waals surface area contributed by atoms with Crippen molar-refractivity contribution >= 4 is 11.9 Å². The van der Waals surface area contributed by atoms with Gasteiger partial charge in [0.25, 0.3) is 0 Å². The van der Waals surface area contributed by atoms with Gasteiger partial charge in [0.15, 0.2) is 0 Å². The van der Waals surface area contributed by atoms with E-state index in [0.717, 1.165) is 42.0 Å². The summed E-state index contributed by atoms with van der Waals surface area (Å²) >= 11 is 0. The first-order valence-electron chi connectivity index (χ1n) is 13.1. The molecule has 0 radical (unpaired) electrons. The fourth-order valence-electron chi connectivity index (χ4n) is 4.70. The molecule has 0 saturated heterocycles. The summed E-state index contributed by atoms with van der Waals surface area (Å²) in [7, 11) is 0. The summed E-state index contributed by atoms with van der Waals surface area (Å²) < 4.78 is 22.4. The van der Waals surface area contributed by atoms with Gasteiger partial charge in [-0.25, -0.2) is 9.59 Å². The van der Waals surface area contributed by atoms with Crippen LogP contribution in [0.15, 0.2) is 37.4 Å². The number of rotatable bonds is 17. The van der Waals surface area contributed by atoms with Crippen molar-refractivity contribution < 1.29 is 33.6 Å². The van der Waals surface area contributed by atoms with Gasteiger partial charge in [0.1, 0.15) is 37.9 Å². The maximum absolute atomic E-state index is 11.4. The third-order valence-corrected chi connectivity index (χ3v) is 6.54. The molecule has 1 aromatic carbocycles. The van der Waals surface area contributed by atoms with E-state index in [1.54, 1.807) is 0 Å². The average Bonchev–Trinajstić information content (AvgIpc) is 2.89. The first-order valence-corrected chi connectivity index (χ1v) is 13.1. The zero-order chi connectivity index (χ0) is 26.2. The number of benzene rings is 1. The van der Waals surface area contributed by atoms with Gasteiger partial charge in [-0.3, -0.25) is 0 Å². The van der Waals surface area contributed by atoms with E-state index in [9.17, 15) is 14.7 Å². The Labute approximate surface area is 215 Å². The quantitative estimate of drug-likeness (QED) is 0.176. The standard InChI is InChI=1S/C29H42O7/c1-4-7-8-9-22-10-12-24(13-11-22)29-25(33-16-18-35-27(31)5-2)20-23(14-15-30)21-26(29)34-17-19-36-28(32)6-3/h5-6,20-22,24,30H,2-4,7-19H2,1H3. The molecule has 0 bridgehead atoms. The lowest BCUT2D eigenvalue weighted by Gasteiger charge is -2.31. The lowest BCUT2D eigenvalue weighted by molar-refractivity contribution is -0.139. The van der Waals surface area contributed by atoms with Crippen molar-refractivity contribution in [3.05, 3.63) is 48.6 Å². The van der Waals surface area contributed by atoms with Crippen molar-refractivity contribution in [1.29, 1.82) is 0 Å². The molecule has 0 heterocycles. The second-order valence-corrected chi connectivity index (χ2v) is 9.13. The van der Waals surface area contributed by atoms with E-state index in [4.69, 9.17) is 18.9 Å². The molecule has 1 aliphatic carbocycles. The van der Waals surface area contributed by atoms with Gasteiger partial charge in [0.2, 0.25) is 0 Å². The highest BCUT2D eigenvalue weighted by atomic mass is 16.6. The smallest absolute Gasteiger partial charge is 0.330 e. The second kappa shape index (κ2) is 16.8. The Morgan fingerprint density at radius 3 is 1.94 bits per heavy atom. The first-order chi connectivity index (χ1) is 17.5. The fraction of sp³-hybridized carbons (Fsp3) is 0.586. The summed E-state index contributed by atoms with van der Waals surface area (Å²) in [6.07, 6.45) is 12.2. The van der Waals surface area contributed by atoms with Crippen LogP contribution in [0.3, 0.4) is 0 Å². The van der Waals surface area contributed by atoms with Crippen LogP contribution in [0, 0.1) is 5.92 Å². The van der Waals surface area contributed by atoms with Crippen molar-refractivity contribution in [3.8, 4) is 11.5 Å². The molecule has 36 heavy (non-hydrogen) atoms. The molecular weight excluding hydrogens is 460 g/mol. The summed E-state index contributed by atoms with van der Waals surface area (Å²) in [5.74, 6) is 1.41. The van der Waals surface area contributed by atoms with Crippen LogP contribution >= 0.6 is 0 Å². The predicted molar refractivity (Wildman–Crippen MR) is 139 cm³/mol. The van der Waals surface area contributed by atoms with Gasteiger partial charge in [0, 0.05) is 24.3 Å². The number of esters is 2. The van der Waals surface area contributed by atoms with Gasteiger partial charge in [0.05, 0.1) is 0 Å². The molecule has 1 aliphatic rings. The number of carbonyl (C=O) groups excluding carboxylic acids is 2. The summed E-state index contributed by atoms with van der Waals surface area (Å²) in [6, 6.07) is 3.89. The van der Waals surface area contributed by atoms with Crippen molar-refractivity contribution in [2.24, 2.45) is 5.92 Å². The Morgan fingerprint density at radius 2 is 1.47 bits per heavy atom. The highest BCUT2D eigenvalue weighted by Crippen LogP contribution is 2.45. The zero-order valence-corrected chi connectivity index (χ0v) is 21.7. The molecule has 7 heteroatoms. The Bertz CT molecular complexity index is 791. The van der Waals surface area contributed by atoms with Gasteiger partial charge in [-0.2, -0.15) is 0 Å². The van der Waals surface area contributed by atoms with E-state index in [0.29, 0.717) is 17.9 Å². The molecule has 1 saturated carbocycles. The Kier molecular flexibility index (Phi) is 13.7.